The van der Waals surface area contributed by atoms with Gasteiger partial charge in [-0.3, -0.25) is 0 Å². The minimum absolute atomic E-state index is 0.479. The molecule has 1 rings (SSSR count). The van der Waals surface area contributed by atoms with Crippen molar-refractivity contribution in [2.45, 2.75) is 27.2 Å². The number of hydrogen-bond donors (Lipinski definition) is 1. The van der Waals surface area contributed by atoms with E-state index in [-0.39, 0.29) is 0 Å². The highest BCUT2D eigenvalue weighted by Crippen LogP contribution is 2.11. The van der Waals surface area contributed by atoms with Crippen LogP contribution < -0.4 is 10.1 Å². The fourth-order valence-electron chi connectivity index (χ4n) is 1.85. The second kappa shape index (κ2) is 8.14. The highest BCUT2D eigenvalue weighted by atomic mass is 32.2. The zero-order chi connectivity index (χ0) is 15.9. The number of rotatable bonds is 9. The van der Waals surface area contributed by atoms with Gasteiger partial charge in [0.1, 0.15) is 0 Å². The van der Waals surface area contributed by atoms with E-state index in [1.165, 1.54) is 10.6 Å². The van der Waals surface area contributed by atoms with E-state index < -0.39 is 10.0 Å². The third-order valence-electron chi connectivity index (χ3n) is 2.81. The molecule has 21 heavy (non-hydrogen) atoms. The van der Waals surface area contributed by atoms with Gasteiger partial charge in [-0.1, -0.05) is 6.92 Å². The maximum atomic E-state index is 11.5. The molecule has 1 aromatic heterocycles. The molecule has 120 valence electrons. The van der Waals surface area contributed by atoms with Crippen molar-refractivity contribution in [2.75, 3.05) is 37.8 Å². The Morgan fingerprint density at radius 3 is 2.62 bits per heavy atom. The molecule has 0 radical (unpaired) electrons. The summed E-state index contributed by atoms with van der Waals surface area (Å²) in [5, 5.41) is 3.09. The monoisotopic (exact) mass is 316 g/mol. The second-order valence-corrected chi connectivity index (χ2v) is 6.62. The molecule has 0 atom stereocenters. The van der Waals surface area contributed by atoms with Crippen molar-refractivity contribution in [1.29, 1.82) is 0 Å². The van der Waals surface area contributed by atoms with Crippen LogP contribution in [-0.4, -0.2) is 55.2 Å². The van der Waals surface area contributed by atoms with E-state index >= 15 is 0 Å². The smallest absolute Gasteiger partial charge is 0.226 e. The molecule has 0 unspecified atom stereocenters. The van der Waals surface area contributed by atoms with Crippen molar-refractivity contribution in [3.05, 3.63) is 11.8 Å². The van der Waals surface area contributed by atoms with E-state index in [9.17, 15) is 8.42 Å². The Morgan fingerprint density at radius 1 is 1.33 bits per heavy atom. The number of ether oxygens (including phenoxy) is 1. The minimum Gasteiger partial charge on any atom is -0.478 e. The predicted molar refractivity (Wildman–Crippen MR) is 83.1 cm³/mol. The van der Waals surface area contributed by atoms with E-state index in [1.807, 2.05) is 20.8 Å². The van der Waals surface area contributed by atoms with Crippen LogP contribution in [0.5, 0.6) is 5.88 Å². The van der Waals surface area contributed by atoms with Crippen LogP contribution in [0.2, 0.25) is 0 Å². The Morgan fingerprint density at radius 2 is 2.05 bits per heavy atom. The Balaban J connectivity index is 2.49. The van der Waals surface area contributed by atoms with Gasteiger partial charge in [0.25, 0.3) is 0 Å². The van der Waals surface area contributed by atoms with Crippen LogP contribution in [0.15, 0.2) is 6.07 Å². The fourth-order valence-corrected chi connectivity index (χ4v) is 2.78. The summed E-state index contributed by atoms with van der Waals surface area (Å²) < 4.78 is 29.7. The first-order chi connectivity index (χ1) is 9.86. The molecule has 0 fully saturated rings. The first-order valence-electron chi connectivity index (χ1n) is 7.04. The van der Waals surface area contributed by atoms with Gasteiger partial charge in [-0.25, -0.2) is 17.7 Å². The molecule has 1 N–H and O–H groups in total. The Kier molecular flexibility index (Phi) is 6.83. The fraction of sp³-hybridized carbons (Fsp3) is 0.692. The normalized spacial score (nSPS) is 11.7. The van der Waals surface area contributed by atoms with Crippen molar-refractivity contribution >= 4 is 16.0 Å². The standard InChI is InChI=1S/C13H24N4O3S/c1-5-17(21(4,18)19)9-7-8-14-13-15-11(3)10-12(16-13)20-6-2/h10H,5-9H2,1-4H3,(H,14,15,16). The molecule has 0 bridgehead atoms. The van der Waals surface area contributed by atoms with Gasteiger partial charge >= 0.3 is 0 Å². The van der Waals surface area contributed by atoms with Crippen LogP contribution in [0.4, 0.5) is 5.95 Å². The topological polar surface area (TPSA) is 84.4 Å². The third kappa shape index (κ3) is 6.26. The summed E-state index contributed by atoms with van der Waals surface area (Å²) in [6.07, 6.45) is 1.91. The summed E-state index contributed by atoms with van der Waals surface area (Å²) in [7, 11) is -3.13. The van der Waals surface area contributed by atoms with Gasteiger partial charge in [-0.2, -0.15) is 4.98 Å². The summed E-state index contributed by atoms with van der Waals surface area (Å²) in [5.74, 6) is 1.04. The van der Waals surface area contributed by atoms with E-state index in [1.54, 1.807) is 6.07 Å². The molecule has 0 amide bonds. The lowest BCUT2D eigenvalue weighted by Crippen LogP contribution is -2.31. The Hall–Kier alpha value is -1.41. The van der Waals surface area contributed by atoms with Gasteiger partial charge in [-0.15, -0.1) is 0 Å². The first kappa shape index (κ1) is 17.6. The van der Waals surface area contributed by atoms with Crippen LogP contribution in [0, 0.1) is 6.92 Å². The van der Waals surface area contributed by atoms with E-state index in [0.29, 0.717) is 44.5 Å². The number of sulfonamides is 1. The van der Waals surface area contributed by atoms with Gasteiger partial charge < -0.3 is 10.1 Å². The molecule has 1 aromatic rings. The van der Waals surface area contributed by atoms with Crippen LogP contribution in [0.3, 0.4) is 0 Å². The Labute approximate surface area is 126 Å². The summed E-state index contributed by atoms with van der Waals surface area (Å²) in [6.45, 7) is 7.71. The number of anilines is 1. The zero-order valence-corrected chi connectivity index (χ0v) is 13.9. The van der Waals surface area contributed by atoms with Crippen LogP contribution in [0.25, 0.3) is 0 Å². The minimum atomic E-state index is -3.13. The lowest BCUT2D eigenvalue weighted by Gasteiger charge is -2.17. The first-order valence-corrected chi connectivity index (χ1v) is 8.89. The highest BCUT2D eigenvalue weighted by Gasteiger charge is 2.13. The quantitative estimate of drug-likeness (QED) is 0.691. The zero-order valence-electron chi connectivity index (χ0n) is 13.1. The molecule has 0 aliphatic rings. The molecule has 0 aliphatic heterocycles. The summed E-state index contributed by atoms with van der Waals surface area (Å²) in [4.78, 5) is 8.50. The highest BCUT2D eigenvalue weighted by molar-refractivity contribution is 7.88. The average molecular weight is 316 g/mol. The molecule has 0 spiro atoms. The second-order valence-electron chi connectivity index (χ2n) is 4.64. The van der Waals surface area contributed by atoms with Crippen molar-refractivity contribution < 1.29 is 13.2 Å². The van der Waals surface area contributed by atoms with E-state index in [2.05, 4.69) is 15.3 Å². The van der Waals surface area contributed by atoms with Crippen molar-refractivity contribution in [1.82, 2.24) is 14.3 Å². The SMILES string of the molecule is CCOc1cc(C)nc(NCCCN(CC)S(C)(=O)=O)n1. The maximum absolute atomic E-state index is 11.5. The van der Waals surface area contributed by atoms with Gasteiger partial charge in [0.15, 0.2) is 0 Å². The number of nitrogens with zero attached hydrogens (tertiary/aromatic N) is 3. The average Bonchev–Trinajstić information content (AvgIpc) is 2.37. The van der Waals surface area contributed by atoms with Crippen molar-refractivity contribution in [3.63, 3.8) is 0 Å². The molecular weight excluding hydrogens is 292 g/mol. The number of aryl methyl sites for hydroxylation is 1. The molecule has 0 aromatic carbocycles. The Bertz CT molecular complexity index is 548. The number of hydrogen-bond acceptors (Lipinski definition) is 6. The lowest BCUT2D eigenvalue weighted by molar-refractivity contribution is 0.326. The molecule has 8 heteroatoms. The van der Waals surface area contributed by atoms with E-state index in [4.69, 9.17) is 4.74 Å². The molecule has 0 saturated carbocycles. The molecular formula is C13H24N4O3S. The van der Waals surface area contributed by atoms with Crippen LogP contribution in [-0.2, 0) is 10.0 Å². The van der Waals surface area contributed by atoms with Crippen molar-refractivity contribution in [2.24, 2.45) is 0 Å². The number of nitrogens with one attached hydrogen (secondary N) is 1. The molecule has 0 saturated heterocycles. The summed E-state index contributed by atoms with van der Waals surface area (Å²) in [5.41, 5.74) is 0.822. The maximum Gasteiger partial charge on any atom is 0.226 e. The van der Waals surface area contributed by atoms with Gasteiger partial charge in [-0.05, 0) is 20.3 Å². The van der Waals surface area contributed by atoms with Crippen LogP contribution in [0.1, 0.15) is 26.0 Å². The molecule has 7 nitrogen and oxygen atoms in total. The van der Waals surface area contributed by atoms with Crippen LogP contribution >= 0.6 is 0 Å². The molecule has 1 heterocycles. The summed E-state index contributed by atoms with van der Waals surface area (Å²) in [6, 6.07) is 1.77. The lowest BCUT2D eigenvalue weighted by atomic mass is 10.4. The van der Waals surface area contributed by atoms with Crippen molar-refractivity contribution in [3.8, 4) is 5.88 Å². The number of aromatic nitrogens is 2. The third-order valence-corrected chi connectivity index (χ3v) is 4.19. The summed E-state index contributed by atoms with van der Waals surface area (Å²) >= 11 is 0. The predicted octanol–water partition coefficient (Wildman–Crippen LogP) is 1.27. The van der Waals surface area contributed by atoms with Gasteiger partial charge in [0, 0.05) is 31.4 Å². The molecule has 0 aliphatic carbocycles. The van der Waals surface area contributed by atoms with Gasteiger partial charge in [0.2, 0.25) is 21.9 Å². The van der Waals surface area contributed by atoms with E-state index in [0.717, 1.165) is 5.69 Å². The largest absolute Gasteiger partial charge is 0.478 e. The van der Waals surface area contributed by atoms with Gasteiger partial charge in [0.05, 0.1) is 12.9 Å².